The summed E-state index contributed by atoms with van der Waals surface area (Å²) >= 11 is 0. The van der Waals surface area contributed by atoms with E-state index in [0.717, 1.165) is 38.4 Å². The van der Waals surface area contributed by atoms with Crippen molar-refractivity contribution in [2.24, 2.45) is 0 Å². The molecule has 1 aromatic heterocycles. The molecule has 0 atom stereocenters. The van der Waals surface area contributed by atoms with E-state index in [4.69, 9.17) is 0 Å². The second-order valence-electron chi connectivity index (χ2n) is 6.76. The second kappa shape index (κ2) is 8.40. The third kappa shape index (κ3) is 4.99. The topological polar surface area (TPSA) is 60.0 Å². The lowest BCUT2D eigenvalue weighted by molar-refractivity contribution is -0.139. The minimum atomic E-state index is 0.0936. The van der Waals surface area contributed by atoms with Gasteiger partial charge in [0.25, 0.3) is 0 Å². The molecule has 0 unspecified atom stereocenters. The average molecular weight is 345 g/mol. The van der Waals surface area contributed by atoms with Crippen LogP contribution in [0.1, 0.15) is 12.6 Å². The lowest BCUT2D eigenvalue weighted by Crippen LogP contribution is -2.54. The Bertz CT molecular complexity index is 578. The van der Waals surface area contributed by atoms with Crippen LogP contribution < -0.4 is 0 Å². The fraction of sp³-hybridized carbons (Fsp3) is 0.611. The minimum absolute atomic E-state index is 0.0936. The molecule has 136 valence electrons. The van der Waals surface area contributed by atoms with Crippen LogP contribution in [0.25, 0.3) is 0 Å². The molecule has 25 heavy (non-hydrogen) atoms. The van der Waals surface area contributed by atoms with Gasteiger partial charge < -0.3 is 9.80 Å². The highest BCUT2D eigenvalue weighted by atomic mass is 16.2. The Hall–Kier alpha value is -1.99. The van der Waals surface area contributed by atoms with Crippen LogP contribution in [0, 0.1) is 0 Å². The van der Waals surface area contributed by atoms with Gasteiger partial charge in [0, 0.05) is 72.0 Å². The monoisotopic (exact) mass is 345 g/mol. The molecule has 2 amide bonds. The second-order valence-corrected chi connectivity index (χ2v) is 6.76. The van der Waals surface area contributed by atoms with Gasteiger partial charge in [-0.05, 0) is 12.1 Å². The Morgan fingerprint density at radius 2 is 1.56 bits per heavy atom. The Kier molecular flexibility index (Phi) is 5.99. The number of piperazine rings is 2. The zero-order valence-corrected chi connectivity index (χ0v) is 14.9. The fourth-order valence-electron chi connectivity index (χ4n) is 3.39. The first kappa shape index (κ1) is 17.8. The van der Waals surface area contributed by atoms with E-state index in [2.05, 4.69) is 20.9 Å². The van der Waals surface area contributed by atoms with Crippen molar-refractivity contribution in [3.8, 4) is 0 Å². The van der Waals surface area contributed by atoms with Crippen LogP contribution in [-0.2, 0) is 16.1 Å². The van der Waals surface area contributed by atoms with Crippen molar-refractivity contribution in [2.75, 3.05) is 58.9 Å². The largest absolute Gasteiger partial charge is 0.339 e. The lowest BCUT2D eigenvalue weighted by Gasteiger charge is -2.37. The van der Waals surface area contributed by atoms with Crippen LogP contribution in [-0.4, -0.2) is 95.3 Å². The highest BCUT2D eigenvalue weighted by Crippen LogP contribution is 2.08. The zero-order valence-electron chi connectivity index (χ0n) is 14.9. The highest BCUT2D eigenvalue weighted by molar-refractivity contribution is 5.79. The summed E-state index contributed by atoms with van der Waals surface area (Å²) < 4.78 is 0. The third-order valence-corrected chi connectivity index (χ3v) is 5.01. The quantitative estimate of drug-likeness (QED) is 0.762. The van der Waals surface area contributed by atoms with Crippen molar-refractivity contribution in [3.05, 3.63) is 30.1 Å². The molecule has 0 N–H and O–H groups in total. The number of amides is 2. The summed E-state index contributed by atoms with van der Waals surface area (Å²) in [5.74, 6) is 0.275. The highest BCUT2D eigenvalue weighted by Gasteiger charge is 2.25. The number of carbonyl (C=O) groups excluding carboxylic acids is 2. The lowest BCUT2D eigenvalue weighted by atomic mass is 10.2. The number of hydrogen-bond donors (Lipinski definition) is 0. The molecule has 3 heterocycles. The van der Waals surface area contributed by atoms with Crippen molar-refractivity contribution >= 4 is 11.8 Å². The van der Waals surface area contributed by atoms with Crippen molar-refractivity contribution < 1.29 is 9.59 Å². The van der Waals surface area contributed by atoms with Gasteiger partial charge >= 0.3 is 0 Å². The van der Waals surface area contributed by atoms with Gasteiger partial charge in [-0.3, -0.25) is 24.4 Å². The van der Waals surface area contributed by atoms with E-state index < -0.39 is 0 Å². The van der Waals surface area contributed by atoms with Gasteiger partial charge in [-0.25, -0.2) is 0 Å². The maximum atomic E-state index is 12.5. The molecule has 7 heteroatoms. The van der Waals surface area contributed by atoms with Crippen LogP contribution in [0.15, 0.2) is 24.4 Å². The summed E-state index contributed by atoms with van der Waals surface area (Å²) in [6, 6.07) is 6.00. The molecule has 1 aromatic rings. The number of hydrogen-bond acceptors (Lipinski definition) is 5. The van der Waals surface area contributed by atoms with Gasteiger partial charge in [-0.2, -0.15) is 0 Å². The van der Waals surface area contributed by atoms with E-state index in [0.29, 0.717) is 32.7 Å². The molecule has 0 spiro atoms. The van der Waals surface area contributed by atoms with E-state index in [9.17, 15) is 9.59 Å². The predicted octanol–water partition coefficient (Wildman–Crippen LogP) is -0.110. The van der Waals surface area contributed by atoms with Crippen LogP contribution in [0.2, 0.25) is 0 Å². The molecule has 2 aliphatic heterocycles. The first-order chi connectivity index (χ1) is 12.1. The van der Waals surface area contributed by atoms with E-state index in [1.165, 1.54) is 0 Å². The van der Waals surface area contributed by atoms with Crippen molar-refractivity contribution in [1.29, 1.82) is 0 Å². The number of pyridine rings is 1. The Morgan fingerprint density at radius 3 is 2.16 bits per heavy atom. The van der Waals surface area contributed by atoms with Gasteiger partial charge in [0.1, 0.15) is 0 Å². The molecular weight excluding hydrogens is 318 g/mol. The molecule has 2 saturated heterocycles. The first-order valence-corrected chi connectivity index (χ1v) is 9.00. The van der Waals surface area contributed by atoms with E-state index in [1.807, 2.05) is 23.2 Å². The molecule has 2 fully saturated rings. The molecular formula is C18H27N5O2. The number of rotatable bonds is 4. The van der Waals surface area contributed by atoms with Crippen molar-refractivity contribution in [3.63, 3.8) is 0 Å². The molecule has 0 aromatic carbocycles. The SMILES string of the molecule is CC(=O)N1CCN(C(=O)CN2CCN(Cc3ccccn3)CC2)CC1. The van der Waals surface area contributed by atoms with E-state index >= 15 is 0 Å². The molecule has 2 aliphatic rings. The summed E-state index contributed by atoms with van der Waals surface area (Å²) in [6.07, 6.45) is 1.83. The standard InChI is InChI=1S/C18H27N5O2/c1-16(24)22-10-12-23(13-11-22)18(25)15-21-8-6-20(7-9-21)14-17-4-2-3-5-19-17/h2-5H,6-15H2,1H3. The summed E-state index contributed by atoms with van der Waals surface area (Å²) in [7, 11) is 0. The van der Waals surface area contributed by atoms with E-state index in [1.54, 1.807) is 11.8 Å². The number of carbonyl (C=O) groups is 2. The predicted molar refractivity (Wildman–Crippen MR) is 94.8 cm³/mol. The molecule has 0 bridgehead atoms. The summed E-state index contributed by atoms with van der Waals surface area (Å²) in [5, 5.41) is 0. The van der Waals surface area contributed by atoms with Crippen molar-refractivity contribution in [1.82, 2.24) is 24.6 Å². The normalized spacial score (nSPS) is 19.9. The van der Waals surface area contributed by atoms with Crippen LogP contribution >= 0.6 is 0 Å². The smallest absolute Gasteiger partial charge is 0.236 e. The summed E-state index contributed by atoms with van der Waals surface area (Å²) in [5.41, 5.74) is 1.09. The van der Waals surface area contributed by atoms with Gasteiger partial charge in [-0.1, -0.05) is 6.07 Å². The van der Waals surface area contributed by atoms with Gasteiger partial charge in [0.2, 0.25) is 11.8 Å². The third-order valence-electron chi connectivity index (χ3n) is 5.01. The maximum Gasteiger partial charge on any atom is 0.236 e. The number of aromatic nitrogens is 1. The van der Waals surface area contributed by atoms with Crippen LogP contribution in [0.4, 0.5) is 0 Å². The summed E-state index contributed by atoms with van der Waals surface area (Å²) in [6.45, 7) is 9.28. The molecule has 7 nitrogen and oxygen atoms in total. The number of nitrogens with zero attached hydrogens (tertiary/aromatic N) is 5. The van der Waals surface area contributed by atoms with Crippen LogP contribution in [0.5, 0.6) is 0 Å². The Morgan fingerprint density at radius 1 is 0.920 bits per heavy atom. The fourth-order valence-corrected chi connectivity index (χ4v) is 3.39. The van der Waals surface area contributed by atoms with Crippen molar-refractivity contribution in [2.45, 2.75) is 13.5 Å². The molecule has 0 radical (unpaired) electrons. The summed E-state index contributed by atoms with van der Waals surface area (Å²) in [4.78, 5) is 36.5. The van der Waals surface area contributed by atoms with Gasteiger partial charge in [-0.15, -0.1) is 0 Å². The Labute approximate surface area is 149 Å². The maximum absolute atomic E-state index is 12.5. The van der Waals surface area contributed by atoms with E-state index in [-0.39, 0.29) is 11.8 Å². The van der Waals surface area contributed by atoms with Crippen LogP contribution in [0.3, 0.4) is 0 Å². The molecule has 3 rings (SSSR count). The van der Waals surface area contributed by atoms with Gasteiger partial charge in [0.05, 0.1) is 12.2 Å². The average Bonchev–Trinajstić information content (AvgIpc) is 2.64. The molecule has 0 saturated carbocycles. The first-order valence-electron chi connectivity index (χ1n) is 9.00. The minimum Gasteiger partial charge on any atom is -0.339 e. The van der Waals surface area contributed by atoms with Gasteiger partial charge in [0.15, 0.2) is 0 Å². The Balaban J connectivity index is 1.39. The molecule has 0 aliphatic carbocycles. The zero-order chi connectivity index (χ0) is 17.6.